The summed E-state index contributed by atoms with van der Waals surface area (Å²) < 4.78 is 0.856. The van der Waals surface area contributed by atoms with Gasteiger partial charge >= 0.3 is 5.69 Å². The second-order valence-corrected chi connectivity index (χ2v) is 5.96. The third-order valence-electron chi connectivity index (χ3n) is 4.07. The number of aromatic nitrogens is 1. The Labute approximate surface area is 113 Å². The molecule has 0 radical (unpaired) electrons. The molecule has 1 saturated carbocycles. The van der Waals surface area contributed by atoms with Crippen molar-refractivity contribution in [2.45, 2.75) is 6.04 Å². The molecule has 1 aromatic carbocycles. The highest BCUT2D eigenvalue weighted by Gasteiger charge is 2.53. The highest BCUT2D eigenvalue weighted by Crippen LogP contribution is 2.45. The molecule has 1 aromatic heterocycles. The maximum atomic E-state index is 11.3. The van der Waals surface area contributed by atoms with Crippen LogP contribution in [-0.4, -0.2) is 29.0 Å². The van der Waals surface area contributed by atoms with Crippen LogP contribution >= 0.6 is 11.3 Å². The van der Waals surface area contributed by atoms with Crippen molar-refractivity contribution < 1.29 is 4.92 Å². The van der Waals surface area contributed by atoms with Gasteiger partial charge in [-0.3, -0.25) is 10.1 Å². The van der Waals surface area contributed by atoms with Crippen molar-refractivity contribution in [3.05, 3.63) is 27.8 Å². The number of nitrogens with zero attached hydrogens (tertiary/aromatic N) is 2. The summed E-state index contributed by atoms with van der Waals surface area (Å²) in [5.41, 5.74) is 2.85. The normalized spacial score (nSPS) is 28.3. The standard InChI is InChI=1S/C12H12N4O2S/c17-16(18)12-8(1-2-9-11(12)14-5-19-9)15-10-6-3-13-4-7(6)10/h1-2,5-7,10,13,15H,3-4H2. The molecular weight excluding hydrogens is 264 g/mol. The molecule has 2 fully saturated rings. The zero-order chi connectivity index (χ0) is 13.0. The van der Waals surface area contributed by atoms with Crippen LogP contribution in [0.15, 0.2) is 17.6 Å². The van der Waals surface area contributed by atoms with E-state index < -0.39 is 0 Å². The van der Waals surface area contributed by atoms with Crippen molar-refractivity contribution in [3.63, 3.8) is 0 Å². The van der Waals surface area contributed by atoms with Gasteiger partial charge in [0.15, 0.2) is 5.52 Å². The van der Waals surface area contributed by atoms with Gasteiger partial charge in [0.05, 0.1) is 15.1 Å². The SMILES string of the molecule is O=[N+]([O-])c1c(NC2C3CNCC32)ccc2scnc12. The molecule has 4 rings (SSSR count). The molecule has 1 saturated heterocycles. The smallest absolute Gasteiger partial charge is 0.319 e. The van der Waals surface area contributed by atoms with E-state index in [9.17, 15) is 10.1 Å². The fourth-order valence-corrected chi connectivity index (χ4v) is 3.71. The molecule has 0 spiro atoms. The lowest BCUT2D eigenvalue weighted by Gasteiger charge is -2.09. The summed E-state index contributed by atoms with van der Waals surface area (Å²) in [6.07, 6.45) is 0. The Hall–Kier alpha value is -1.73. The number of nitro benzene ring substituents is 1. The Kier molecular flexibility index (Phi) is 2.27. The molecule has 1 aliphatic heterocycles. The third-order valence-corrected chi connectivity index (χ3v) is 4.87. The van der Waals surface area contributed by atoms with E-state index in [0.717, 1.165) is 17.8 Å². The summed E-state index contributed by atoms with van der Waals surface area (Å²) in [7, 11) is 0. The van der Waals surface area contributed by atoms with E-state index in [0.29, 0.717) is 29.1 Å². The van der Waals surface area contributed by atoms with Gasteiger partial charge in [0.1, 0.15) is 5.69 Å². The number of fused-ring (bicyclic) bond motifs is 2. The van der Waals surface area contributed by atoms with Gasteiger partial charge in [-0.1, -0.05) is 0 Å². The predicted octanol–water partition coefficient (Wildman–Crippen LogP) is 1.83. The summed E-state index contributed by atoms with van der Waals surface area (Å²) in [6, 6.07) is 4.08. The Morgan fingerprint density at radius 3 is 2.95 bits per heavy atom. The zero-order valence-corrected chi connectivity index (χ0v) is 10.8. The summed E-state index contributed by atoms with van der Waals surface area (Å²) in [4.78, 5) is 15.1. The number of hydrogen-bond donors (Lipinski definition) is 2. The maximum absolute atomic E-state index is 11.3. The minimum Gasteiger partial charge on any atom is -0.376 e. The number of piperidine rings is 1. The Bertz CT molecular complexity index is 661. The van der Waals surface area contributed by atoms with Crippen LogP contribution in [0, 0.1) is 22.0 Å². The zero-order valence-electron chi connectivity index (χ0n) is 10.00. The molecule has 7 heteroatoms. The highest BCUT2D eigenvalue weighted by atomic mass is 32.1. The van der Waals surface area contributed by atoms with Crippen molar-refractivity contribution in [2.24, 2.45) is 11.8 Å². The molecule has 0 bridgehead atoms. The van der Waals surface area contributed by atoms with Crippen LogP contribution in [0.4, 0.5) is 11.4 Å². The number of hydrogen-bond acceptors (Lipinski definition) is 6. The lowest BCUT2D eigenvalue weighted by Crippen LogP contribution is -2.21. The minimum absolute atomic E-state index is 0.108. The number of nitro groups is 1. The lowest BCUT2D eigenvalue weighted by molar-refractivity contribution is -0.382. The van der Waals surface area contributed by atoms with Gasteiger partial charge in [0, 0.05) is 19.1 Å². The van der Waals surface area contributed by atoms with Gasteiger partial charge in [0.25, 0.3) is 0 Å². The quantitative estimate of drug-likeness (QED) is 0.660. The first-order valence-electron chi connectivity index (χ1n) is 6.23. The summed E-state index contributed by atoms with van der Waals surface area (Å²) >= 11 is 1.43. The van der Waals surface area contributed by atoms with Crippen molar-refractivity contribution in [3.8, 4) is 0 Å². The lowest BCUT2D eigenvalue weighted by atomic mass is 10.2. The highest BCUT2D eigenvalue weighted by molar-refractivity contribution is 7.16. The monoisotopic (exact) mass is 276 g/mol. The molecule has 2 N–H and O–H groups in total. The Morgan fingerprint density at radius 1 is 1.42 bits per heavy atom. The summed E-state index contributed by atoms with van der Waals surface area (Å²) in [6.45, 7) is 2.02. The largest absolute Gasteiger partial charge is 0.376 e. The number of nitrogens with one attached hydrogen (secondary N) is 2. The van der Waals surface area contributed by atoms with Gasteiger partial charge in [-0.2, -0.15) is 0 Å². The van der Waals surface area contributed by atoms with Crippen LogP contribution in [0.25, 0.3) is 10.2 Å². The van der Waals surface area contributed by atoms with E-state index in [4.69, 9.17) is 0 Å². The molecule has 2 unspecified atom stereocenters. The molecule has 2 aliphatic rings. The third kappa shape index (κ3) is 1.62. The second-order valence-electron chi connectivity index (χ2n) is 5.07. The molecule has 6 nitrogen and oxygen atoms in total. The van der Waals surface area contributed by atoms with Crippen LogP contribution in [0.3, 0.4) is 0 Å². The summed E-state index contributed by atoms with van der Waals surface area (Å²) in [5.74, 6) is 1.23. The van der Waals surface area contributed by atoms with Crippen LogP contribution in [-0.2, 0) is 0 Å². The predicted molar refractivity (Wildman–Crippen MR) is 73.5 cm³/mol. The van der Waals surface area contributed by atoms with Crippen LogP contribution in [0.5, 0.6) is 0 Å². The van der Waals surface area contributed by atoms with E-state index in [1.807, 2.05) is 6.07 Å². The Morgan fingerprint density at radius 2 is 2.21 bits per heavy atom. The number of rotatable bonds is 3. The van der Waals surface area contributed by atoms with Crippen LogP contribution in [0.1, 0.15) is 0 Å². The minimum atomic E-state index is -0.333. The van der Waals surface area contributed by atoms with E-state index in [-0.39, 0.29) is 10.6 Å². The Balaban J connectivity index is 1.72. The fourth-order valence-electron chi connectivity index (χ4n) is 3.03. The van der Waals surface area contributed by atoms with E-state index in [1.165, 1.54) is 11.3 Å². The van der Waals surface area contributed by atoms with Crippen molar-refractivity contribution in [1.29, 1.82) is 0 Å². The van der Waals surface area contributed by atoms with Gasteiger partial charge in [0.2, 0.25) is 0 Å². The first-order chi connectivity index (χ1) is 9.25. The molecule has 2 atom stereocenters. The van der Waals surface area contributed by atoms with Crippen molar-refractivity contribution in [2.75, 3.05) is 18.4 Å². The van der Waals surface area contributed by atoms with Gasteiger partial charge < -0.3 is 10.6 Å². The average Bonchev–Trinajstić information content (AvgIpc) is 2.84. The molecule has 1 aliphatic carbocycles. The number of benzene rings is 1. The van der Waals surface area contributed by atoms with Crippen LogP contribution in [0.2, 0.25) is 0 Å². The average molecular weight is 276 g/mol. The second kappa shape index (κ2) is 3.88. The van der Waals surface area contributed by atoms with E-state index >= 15 is 0 Å². The number of anilines is 1. The molecule has 2 aromatic rings. The first-order valence-corrected chi connectivity index (χ1v) is 7.11. The molecule has 0 amide bonds. The van der Waals surface area contributed by atoms with E-state index in [1.54, 1.807) is 11.6 Å². The topological polar surface area (TPSA) is 80.1 Å². The fraction of sp³-hybridized carbons (Fsp3) is 0.417. The number of thiazole rings is 1. The van der Waals surface area contributed by atoms with Gasteiger partial charge in [-0.25, -0.2) is 4.98 Å². The first kappa shape index (κ1) is 11.1. The molecular formula is C12H12N4O2S. The van der Waals surface area contributed by atoms with Gasteiger partial charge in [-0.05, 0) is 24.0 Å². The van der Waals surface area contributed by atoms with E-state index in [2.05, 4.69) is 15.6 Å². The summed E-state index contributed by atoms with van der Waals surface area (Å²) in [5, 5.41) is 17.9. The molecule has 2 heterocycles. The van der Waals surface area contributed by atoms with Gasteiger partial charge in [-0.15, -0.1) is 11.3 Å². The molecule has 19 heavy (non-hydrogen) atoms. The van der Waals surface area contributed by atoms with Crippen molar-refractivity contribution in [1.82, 2.24) is 10.3 Å². The van der Waals surface area contributed by atoms with Crippen molar-refractivity contribution >= 4 is 32.9 Å². The molecule has 98 valence electrons. The maximum Gasteiger partial charge on any atom is 0.319 e. The van der Waals surface area contributed by atoms with Crippen LogP contribution < -0.4 is 10.6 Å².